The van der Waals surface area contributed by atoms with Gasteiger partial charge in [-0.15, -0.1) is 0 Å². The van der Waals surface area contributed by atoms with Gasteiger partial charge in [-0.05, 0) is 74.0 Å². The Balaban J connectivity index is 1.57. The van der Waals surface area contributed by atoms with Crippen molar-refractivity contribution in [2.75, 3.05) is 5.32 Å². The van der Waals surface area contributed by atoms with Gasteiger partial charge in [-0.2, -0.15) is 4.31 Å². The Morgan fingerprint density at radius 2 is 1.51 bits per heavy atom. The zero-order valence-corrected chi connectivity index (χ0v) is 24.4. The Hall–Kier alpha value is -3.30. The predicted molar refractivity (Wildman–Crippen MR) is 158 cm³/mol. The van der Waals surface area contributed by atoms with Crippen LogP contribution in [0.5, 0.6) is 0 Å². The lowest BCUT2D eigenvalue weighted by atomic mass is 10.0. The van der Waals surface area contributed by atoms with Gasteiger partial charge < -0.3 is 5.32 Å². The number of hydrogen-bond donors (Lipinski definition) is 1. The molecule has 0 bridgehead atoms. The fourth-order valence-electron chi connectivity index (χ4n) is 4.02. The van der Waals surface area contributed by atoms with Gasteiger partial charge in [0.2, 0.25) is 10.0 Å². The molecule has 4 rings (SSSR count). The number of carbonyl (C=O) groups is 2. The van der Waals surface area contributed by atoms with Crippen molar-refractivity contribution < 1.29 is 18.0 Å². The van der Waals surface area contributed by atoms with Crippen LogP contribution in [0.1, 0.15) is 45.7 Å². The number of amides is 1. The molecule has 0 spiro atoms. The van der Waals surface area contributed by atoms with Gasteiger partial charge in [0.1, 0.15) is 0 Å². The lowest BCUT2D eigenvalue weighted by molar-refractivity contribution is 0.102. The molecule has 0 saturated carbocycles. The summed E-state index contributed by atoms with van der Waals surface area (Å²) in [5.74, 6) is -0.828. The van der Waals surface area contributed by atoms with Crippen molar-refractivity contribution in [1.82, 2.24) is 4.31 Å². The first-order valence-electron chi connectivity index (χ1n) is 12.1. The van der Waals surface area contributed by atoms with Crippen LogP contribution in [0.15, 0.2) is 106 Å². The Labute approximate surface area is 241 Å². The van der Waals surface area contributed by atoms with Crippen LogP contribution in [0.25, 0.3) is 0 Å². The van der Waals surface area contributed by atoms with Gasteiger partial charge >= 0.3 is 0 Å². The fraction of sp³-hybridized carbons (Fsp3) is 0.133. The maximum absolute atomic E-state index is 13.4. The third kappa shape index (κ3) is 6.65. The van der Waals surface area contributed by atoms with Gasteiger partial charge in [0.25, 0.3) is 5.91 Å². The molecule has 0 atom stereocenters. The molecule has 4 aromatic rings. The number of sulfonamides is 1. The van der Waals surface area contributed by atoms with Crippen LogP contribution in [0.2, 0.25) is 5.02 Å². The number of benzene rings is 4. The second-order valence-electron chi connectivity index (χ2n) is 9.11. The van der Waals surface area contributed by atoms with Crippen molar-refractivity contribution in [2.45, 2.75) is 31.3 Å². The first kappa shape index (κ1) is 28.7. The van der Waals surface area contributed by atoms with E-state index >= 15 is 0 Å². The Bertz CT molecular complexity index is 1610. The summed E-state index contributed by atoms with van der Waals surface area (Å²) >= 11 is 9.61. The van der Waals surface area contributed by atoms with Crippen LogP contribution in [-0.4, -0.2) is 30.5 Å². The Morgan fingerprint density at radius 3 is 2.15 bits per heavy atom. The van der Waals surface area contributed by atoms with Gasteiger partial charge in [0.05, 0.1) is 15.6 Å². The number of rotatable bonds is 9. The third-order valence-corrected chi connectivity index (χ3v) is 8.93. The topological polar surface area (TPSA) is 83.6 Å². The van der Waals surface area contributed by atoms with Crippen LogP contribution >= 0.6 is 27.5 Å². The Morgan fingerprint density at radius 1 is 0.872 bits per heavy atom. The van der Waals surface area contributed by atoms with E-state index in [4.69, 9.17) is 11.6 Å². The first-order chi connectivity index (χ1) is 18.6. The predicted octanol–water partition coefficient (Wildman–Crippen LogP) is 7.19. The highest BCUT2D eigenvalue weighted by molar-refractivity contribution is 9.10. The summed E-state index contributed by atoms with van der Waals surface area (Å²) in [4.78, 5) is 26.4. The number of nitrogens with zero attached hydrogens (tertiary/aromatic N) is 1. The van der Waals surface area contributed by atoms with Crippen molar-refractivity contribution in [3.63, 3.8) is 0 Å². The summed E-state index contributed by atoms with van der Waals surface area (Å²) in [7, 11) is -3.82. The van der Waals surface area contributed by atoms with Crippen LogP contribution in [0.3, 0.4) is 0 Å². The van der Waals surface area contributed by atoms with E-state index in [2.05, 4.69) is 21.2 Å². The number of ketones is 1. The van der Waals surface area contributed by atoms with Gasteiger partial charge in [0, 0.05) is 33.7 Å². The van der Waals surface area contributed by atoms with E-state index in [0.29, 0.717) is 20.7 Å². The van der Waals surface area contributed by atoms with Gasteiger partial charge in [-0.3, -0.25) is 9.59 Å². The minimum atomic E-state index is -3.82. The Kier molecular flexibility index (Phi) is 9.02. The van der Waals surface area contributed by atoms with E-state index < -0.39 is 15.9 Å². The van der Waals surface area contributed by atoms with Crippen molar-refractivity contribution in [3.05, 3.63) is 129 Å². The smallest absolute Gasteiger partial charge is 0.255 e. The molecule has 4 aromatic carbocycles. The monoisotopic (exact) mass is 624 g/mol. The van der Waals surface area contributed by atoms with E-state index in [1.165, 1.54) is 28.6 Å². The quantitative estimate of drug-likeness (QED) is 0.200. The second-order valence-corrected chi connectivity index (χ2v) is 12.3. The summed E-state index contributed by atoms with van der Waals surface area (Å²) in [5, 5.41) is 3.08. The SMILES string of the molecule is CC(C)N(Cc1ccccc1)S(=O)(=O)c1ccc(C(=O)Nc2ccc(Br)cc2C(=O)c2ccccc2Cl)cc1. The van der Waals surface area contributed by atoms with Crippen molar-refractivity contribution in [2.24, 2.45) is 0 Å². The number of anilines is 1. The molecule has 0 aromatic heterocycles. The molecule has 0 radical (unpaired) electrons. The van der Waals surface area contributed by atoms with Crippen molar-refractivity contribution in [3.8, 4) is 0 Å². The summed E-state index contributed by atoms with van der Waals surface area (Å²) in [6.07, 6.45) is 0. The van der Waals surface area contributed by atoms with Crippen molar-refractivity contribution in [1.29, 1.82) is 0 Å². The molecular weight excluding hydrogens is 600 g/mol. The lowest BCUT2D eigenvalue weighted by Gasteiger charge is -2.26. The van der Waals surface area contributed by atoms with Crippen LogP contribution in [0, 0.1) is 0 Å². The molecule has 9 heteroatoms. The molecule has 1 amide bonds. The molecule has 1 N–H and O–H groups in total. The summed E-state index contributed by atoms with van der Waals surface area (Å²) in [5.41, 5.74) is 2.00. The molecule has 0 saturated heterocycles. The van der Waals surface area contributed by atoms with Gasteiger partial charge in [-0.1, -0.05) is 70.0 Å². The number of nitrogens with one attached hydrogen (secondary N) is 1. The van der Waals surface area contributed by atoms with E-state index in [9.17, 15) is 18.0 Å². The van der Waals surface area contributed by atoms with Gasteiger partial charge in [0.15, 0.2) is 5.78 Å². The fourth-order valence-corrected chi connectivity index (χ4v) is 6.23. The number of halogens is 2. The number of hydrogen-bond acceptors (Lipinski definition) is 4. The van der Waals surface area contributed by atoms with Crippen LogP contribution in [0.4, 0.5) is 5.69 Å². The first-order valence-corrected chi connectivity index (χ1v) is 14.7. The highest BCUT2D eigenvalue weighted by Gasteiger charge is 2.27. The molecular formula is C30H26BrClN2O4S. The van der Waals surface area contributed by atoms with Crippen LogP contribution < -0.4 is 5.32 Å². The average Bonchev–Trinajstić information content (AvgIpc) is 2.93. The largest absolute Gasteiger partial charge is 0.321 e. The molecule has 0 fully saturated rings. The highest BCUT2D eigenvalue weighted by atomic mass is 79.9. The second kappa shape index (κ2) is 12.3. The molecule has 0 aliphatic carbocycles. The summed E-state index contributed by atoms with van der Waals surface area (Å²) < 4.78 is 29.0. The van der Waals surface area contributed by atoms with E-state index in [0.717, 1.165) is 5.56 Å². The maximum atomic E-state index is 13.4. The average molecular weight is 626 g/mol. The number of carbonyl (C=O) groups excluding carboxylic acids is 2. The highest BCUT2D eigenvalue weighted by Crippen LogP contribution is 2.28. The molecule has 6 nitrogen and oxygen atoms in total. The molecule has 0 aliphatic heterocycles. The maximum Gasteiger partial charge on any atom is 0.255 e. The normalized spacial score (nSPS) is 11.5. The summed E-state index contributed by atoms with van der Waals surface area (Å²) in [6.45, 7) is 3.87. The molecule has 39 heavy (non-hydrogen) atoms. The molecule has 0 unspecified atom stereocenters. The van der Waals surface area contributed by atoms with E-state index in [1.54, 1.807) is 42.5 Å². The molecule has 0 heterocycles. The lowest BCUT2D eigenvalue weighted by Crippen LogP contribution is -2.36. The molecule has 200 valence electrons. The zero-order valence-electron chi connectivity index (χ0n) is 21.3. The summed E-state index contributed by atoms with van der Waals surface area (Å²) in [6, 6.07) is 26.5. The minimum absolute atomic E-state index is 0.0851. The molecule has 0 aliphatic rings. The van der Waals surface area contributed by atoms with Crippen molar-refractivity contribution >= 4 is 54.9 Å². The van der Waals surface area contributed by atoms with E-state index in [1.807, 2.05) is 44.2 Å². The minimum Gasteiger partial charge on any atom is -0.321 e. The third-order valence-electron chi connectivity index (χ3n) is 6.07. The zero-order chi connectivity index (χ0) is 28.2. The van der Waals surface area contributed by atoms with Gasteiger partial charge in [-0.25, -0.2) is 8.42 Å². The standard InChI is InChI=1S/C30H26BrClN2O4S/c1-20(2)34(19-21-8-4-3-5-9-21)39(37,38)24-15-12-22(13-16-24)30(36)33-28-17-14-23(31)18-26(28)29(35)25-10-6-7-11-27(25)32/h3-18,20H,19H2,1-2H3,(H,33,36). The van der Waals surface area contributed by atoms with Crippen LogP contribution in [-0.2, 0) is 16.6 Å². The van der Waals surface area contributed by atoms with E-state index in [-0.39, 0.29) is 34.4 Å².